The summed E-state index contributed by atoms with van der Waals surface area (Å²) in [7, 11) is 0. The Morgan fingerprint density at radius 1 is 1.36 bits per heavy atom. The van der Waals surface area contributed by atoms with Gasteiger partial charge in [0, 0.05) is 26.1 Å². The molecule has 0 spiro atoms. The Labute approximate surface area is 169 Å². The van der Waals surface area contributed by atoms with Crippen molar-refractivity contribution in [3.8, 4) is 12.3 Å². The van der Waals surface area contributed by atoms with Crippen LogP contribution in [0, 0.1) is 12.3 Å². The minimum Gasteiger partial charge on any atom is -0.462 e. The lowest BCUT2D eigenvalue weighted by atomic mass is 9.91. The molecule has 0 aromatic heterocycles. The average molecular weight is 387 g/mol. The molecular weight excluding hydrogens is 352 g/mol. The normalized spacial score (nSPS) is 16.5. The predicted molar refractivity (Wildman–Crippen MR) is 112 cm³/mol. The monoisotopic (exact) mass is 386 g/mol. The molecule has 5 nitrogen and oxygen atoms in total. The van der Waals surface area contributed by atoms with Gasteiger partial charge in [-0.15, -0.1) is 6.42 Å². The summed E-state index contributed by atoms with van der Waals surface area (Å²) >= 11 is 0. The van der Waals surface area contributed by atoms with Crippen LogP contribution in [0.3, 0.4) is 0 Å². The van der Waals surface area contributed by atoms with Crippen molar-refractivity contribution < 1.29 is 14.3 Å². The van der Waals surface area contributed by atoms with Crippen LogP contribution in [0.4, 0.5) is 0 Å². The first kappa shape index (κ1) is 22.4. The molecule has 1 aliphatic rings. The Bertz CT molecular complexity index is 633. The maximum Gasteiger partial charge on any atom is 0.306 e. The second-order valence-electron chi connectivity index (χ2n) is 7.46. The molecule has 1 atom stereocenters. The van der Waals surface area contributed by atoms with Crippen LogP contribution in [0.1, 0.15) is 49.7 Å². The van der Waals surface area contributed by atoms with Crippen molar-refractivity contribution in [2.24, 2.45) is 5.73 Å². The molecule has 0 bridgehead atoms. The third-order valence-electron chi connectivity index (χ3n) is 5.35. The van der Waals surface area contributed by atoms with Gasteiger partial charge < -0.3 is 20.1 Å². The number of rotatable bonds is 11. The Balaban J connectivity index is 1.67. The van der Waals surface area contributed by atoms with E-state index in [9.17, 15) is 4.79 Å². The fourth-order valence-corrected chi connectivity index (χ4v) is 3.71. The minimum absolute atomic E-state index is 0.0372. The summed E-state index contributed by atoms with van der Waals surface area (Å²) in [6, 6.07) is 8.37. The molecular formula is C23H34N2O3. The summed E-state index contributed by atoms with van der Waals surface area (Å²) in [6.07, 6.45) is 9.10. The van der Waals surface area contributed by atoms with Crippen LogP contribution in [-0.2, 0) is 20.7 Å². The third kappa shape index (κ3) is 7.63. The summed E-state index contributed by atoms with van der Waals surface area (Å²) in [6.45, 7) is 6.56. The quantitative estimate of drug-likeness (QED) is 0.360. The van der Waals surface area contributed by atoms with Crippen molar-refractivity contribution in [1.29, 1.82) is 0 Å². The molecule has 1 aliphatic heterocycles. The van der Waals surface area contributed by atoms with Crippen molar-refractivity contribution in [1.82, 2.24) is 4.90 Å². The summed E-state index contributed by atoms with van der Waals surface area (Å²) < 4.78 is 11.0. The highest BCUT2D eigenvalue weighted by Gasteiger charge is 2.22. The van der Waals surface area contributed by atoms with Gasteiger partial charge in [0.05, 0.1) is 6.61 Å². The first-order valence-electron chi connectivity index (χ1n) is 10.3. The largest absolute Gasteiger partial charge is 0.462 e. The number of carbonyl (C=O) groups excluding carboxylic acids is 1. The molecule has 0 radical (unpaired) electrons. The van der Waals surface area contributed by atoms with Gasteiger partial charge in [-0.1, -0.05) is 37.1 Å². The fourth-order valence-electron chi connectivity index (χ4n) is 3.71. The average Bonchev–Trinajstić information content (AvgIpc) is 2.71. The maximum absolute atomic E-state index is 12.3. The van der Waals surface area contributed by atoms with Crippen LogP contribution in [0.15, 0.2) is 24.3 Å². The van der Waals surface area contributed by atoms with Gasteiger partial charge in [0.1, 0.15) is 12.7 Å². The van der Waals surface area contributed by atoms with E-state index in [-0.39, 0.29) is 12.1 Å². The fraction of sp³-hybridized carbons (Fsp3) is 0.609. The van der Waals surface area contributed by atoms with E-state index in [1.54, 1.807) is 0 Å². The molecule has 2 N–H and O–H groups in total. The molecule has 1 aromatic carbocycles. The molecule has 0 amide bonds. The molecule has 28 heavy (non-hydrogen) atoms. The molecule has 1 fully saturated rings. The highest BCUT2D eigenvalue weighted by molar-refractivity contribution is 5.69. The number of carbonyl (C=O) groups is 1. The van der Waals surface area contributed by atoms with Crippen molar-refractivity contribution in [3.05, 3.63) is 35.4 Å². The van der Waals surface area contributed by atoms with Crippen LogP contribution in [-0.4, -0.2) is 56.4 Å². The molecule has 5 heteroatoms. The molecule has 1 aromatic rings. The summed E-state index contributed by atoms with van der Waals surface area (Å²) in [5, 5.41) is 0. The van der Waals surface area contributed by atoms with E-state index < -0.39 is 0 Å². The number of terminal acetylenes is 1. The SMILES string of the molecule is C#CCOCCN1CCC(OC(=O)CCC(C)c2ccccc2CCN)CC1. The number of hydrogen-bond donors (Lipinski definition) is 1. The van der Waals surface area contributed by atoms with E-state index in [1.807, 2.05) is 6.07 Å². The lowest BCUT2D eigenvalue weighted by Gasteiger charge is -2.31. The smallest absolute Gasteiger partial charge is 0.306 e. The minimum atomic E-state index is -0.0843. The van der Waals surface area contributed by atoms with Gasteiger partial charge in [-0.3, -0.25) is 4.79 Å². The topological polar surface area (TPSA) is 64.8 Å². The maximum atomic E-state index is 12.3. The highest BCUT2D eigenvalue weighted by Crippen LogP contribution is 2.25. The highest BCUT2D eigenvalue weighted by atomic mass is 16.5. The van der Waals surface area contributed by atoms with Gasteiger partial charge in [0.25, 0.3) is 0 Å². The molecule has 154 valence electrons. The van der Waals surface area contributed by atoms with Crippen molar-refractivity contribution in [3.63, 3.8) is 0 Å². The Morgan fingerprint density at radius 3 is 2.82 bits per heavy atom. The van der Waals surface area contributed by atoms with E-state index in [0.717, 1.165) is 45.3 Å². The van der Waals surface area contributed by atoms with Crippen molar-refractivity contribution >= 4 is 5.97 Å². The van der Waals surface area contributed by atoms with Gasteiger partial charge in [-0.2, -0.15) is 0 Å². The van der Waals surface area contributed by atoms with Crippen LogP contribution in [0.5, 0.6) is 0 Å². The van der Waals surface area contributed by atoms with Gasteiger partial charge in [-0.05, 0) is 49.3 Å². The standard InChI is InChI=1S/C23H34N2O3/c1-3-17-27-18-16-25-14-11-21(12-15-25)28-23(26)9-8-19(2)22-7-5-4-6-20(22)10-13-24/h1,4-7,19,21H,8-18,24H2,2H3. The summed E-state index contributed by atoms with van der Waals surface area (Å²) in [4.78, 5) is 14.6. The number of ether oxygens (including phenoxy) is 2. The zero-order valence-electron chi connectivity index (χ0n) is 17.1. The zero-order chi connectivity index (χ0) is 20.2. The first-order valence-corrected chi connectivity index (χ1v) is 10.3. The van der Waals surface area contributed by atoms with Crippen LogP contribution in [0.2, 0.25) is 0 Å². The Hall–Kier alpha value is -1.87. The predicted octanol–water partition coefficient (Wildman–Crippen LogP) is 2.73. The molecule has 1 heterocycles. The third-order valence-corrected chi connectivity index (χ3v) is 5.35. The van der Waals surface area contributed by atoms with Gasteiger partial charge in [-0.25, -0.2) is 0 Å². The molecule has 1 saturated heterocycles. The van der Waals surface area contributed by atoms with Gasteiger partial charge in [0.15, 0.2) is 0 Å². The van der Waals surface area contributed by atoms with E-state index >= 15 is 0 Å². The lowest BCUT2D eigenvalue weighted by Crippen LogP contribution is -2.39. The molecule has 0 aliphatic carbocycles. The van der Waals surface area contributed by atoms with E-state index in [4.69, 9.17) is 21.6 Å². The van der Waals surface area contributed by atoms with Crippen LogP contribution in [0.25, 0.3) is 0 Å². The Morgan fingerprint density at radius 2 is 2.11 bits per heavy atom. The lowest BCUT2D eigenvalue weighted by molar-refractivity contribution is -0.151. The van der Waals surface area contributed by atoms with Crippen molar-refractivity contribution in [2.45, 2.75) is 51.0 Å². The van der Waals surface area contributed by atoms with Crippen LogP contribution >= 0.6 is 0 Å². The number of nitrogens with zero attached hydrogens (tertiary/aromatic N) is 1. The van der Waals surface area contributed by atoms with E-state index in [0.29, 0.717) is 32.1 Å². The summed E-state index contributed by atoms with van der Waals surface area (Å²) in [5.41, 5.74) is 8.29. The number of benzene rings is 1. The molecule has 1 unspecified atom stereocenters. The number of nitrogens with two attached hydrogens (primary N) is 1. The number of esters is 1. The second-order valence-corrected chi connectivity index (χ2v) is 7.46. The second kappa shape index (κ2) is 12.6. The summed E-state index contributed by atoms with van der Waals surface area (Å²) in [5.74, 6) is 2.71. The molecule has 0 saturated carbocycles. The first-order chi connectivity index (χ1) is 13.6. The number of piperidine rings is 1. The van der Waals surface area contributed by atoms with Gasteiger partial charge in [0.2, 0.25) is 0 Å². The van der Waals surface area contributed by atoms with E-state index in [2.05, 4.69) is 35.9 Å². The number of likely N-dealkylation sites (tertiary alicyclic amines) is 1. The van der Waals surface area contributed by atoms with E-state index in [1.165, 1.54) is 11.1 Å². The van der Waals surface area contributed by atoms with Gasteiger partial charge >= 0.3 is 5.97 Å². The zero-order valence-corrected chi connectivity index (χ0v) is 17.1. The Kier molecular flexibility index (Phi) is 10.1. The van der Waals surface area contributed by atoms with Crippen LogP contribution < -0.4 is 5.73 Å². The number of hydrogen-bond acceptors (Lipinski definition) is 5. The van der Waals surface area contributed by atoms with Crippen molar-refractivity contribution in [2.75, 3.05) is 39.4 Å². The molecule has 2 rings (SSSR count).